The van der Waals surface area contributed by atoms with Crippen molar-refractivity contribution in [2.75, 3.05) is 19.6 Å². The number of nitrogens with zero attached hydrogens (tertiary/aromatic N) is 2. The lowest BCUT2D eigenvalue weighted by molar-refractivity contribution is -0.125. The quantitative estimate of drug-likeness (QED) is 0.794. The largest absolute Gasteiger partial charge is 0.459 e. The zero-order chi connectivity index (χ0) is 20.9. The Bertz CT molecular complexity index is 839. The second-order valence-electron chi connectivity index (χ2n) is 8.63. The summed E-state index contributed by atoms with van der Waals surface area (Å²) in [6, 6.07) is 11.4. The number of carbonyl (C=O) groups excluding carboxylic acids is 2. The first kappa shape index (κ1) is 20.7. The number of piperidine rings is 1. The molecule has 0 saturated carbocycles. The topological polar surface area (TPSA) is 65.8 Å². The Morgan fingerprint density at radius 2 is 1.77 bits per heavy atom. The van der Waals surface area contributed by atoms with E-state index in [9.17, 15) is 9.59 Å². The summed E-state index contributed by atoms with van der Waals surface area (Å²) in [5, 5.41) is 3.00. The molecule has 3 heterocycles. The van der Waals surface area contributed by atoms with Crippen molar-refractivity contribution < 1.29 is 14.0 Å². The monoisotopic (exact) mass is 409 g/mol. The third-order valence-corrected chi connectivity index (χ3v) is 6.32. The van der Waals surface area contributed by atoms with Gasteiger partial charge in [-0.05, 0) is 68.0 Å². The molecule has 0 bridgehead atoms. The van der Waals surface area contributed by atoms with Crippen LogP contribution in [-0.4, -0.2) is 47.3 Å². The van der Waals surface area contributed by atoms with Crippen LogP contribution in [-0.2, 0) is 17.9 Å². The molecule has 2 aliphatic heterocycles. The van der Waals surface area contributed by atoms with E-state index in [1.54, 1.807) is 17.0 Å². The minimum atomic E-state index is -0.427. The maximum Gasteiger partial charge on any atom is 0.290 e. The third-order valence-electron chi connectivity index (χ3n) is 6.32. The highest BCUT2D eigenvalue weighted by Crippen LogP contribution is 2.21. The Balaban J connectivity index is 1.27. The summed E-state index contributed by atoms with van der Waals surface area (Å²) in [4.78, 5) is 29.4. The van der Waals surface area contributed by atoms with Gasteiger partial charge in [0.2, 0.25) is 5.91 Å². The van der Waals surface area contributed by atoms with Crippen LogP contribution in [0.2, 0.25) is 0 Å². The maximum absolute atomic E-state index is 12.7. The van der Waals surface area contributed by atoms with E-state index >= 15 is 0 Å². The van der Waals surface area contributed by atoms with Gasteiger partial charge in [0.05, 0.1) is 6.26 Å². The first-order valence-electron chi connectivity index (χ1n) is 11.0. The molecule has 2 aliphatic rings. The summed E-state index contributed by atoms with van der Waals surface area (Å²) in [5.74, 6) is 0.818. The second-order valence-corrected chi connectivity index (χ2v) is 8.63. The number of furan rings is 1. The van der Waals surface area contributed by atoms with Crippen molar-refractivity contribution >= 4 is 11.8 Å². The lowest BCUT2D eigenvalue weighted by Crippen LogP contribution is -2.45. The van der Waals surface area contributed by atoms with E-state index in [-0.39, 0.29) is 17.6 Å². The molecule has 1 N–H and O–H groups in total. The Morgan fingerprint density at radius 3 is 2.47 bits per heavy atom. The molecule has 160 valence electrons. The van der Waals surface area contributed by atoms with Crippen LogP contribution >= 0.6 is 0 Å². The van der Waals surface area contributed by atoms with Crippen molar-refractivity contribution in [1.82, 2.24) is 15.1 Å². The third kappa shape index (κ3) is 4.93. The molecule has 2 aromatic rings. The fourth-order valence-electron chi connectivity index (χ4n) is 4.37. The van der Waals surface area contributed by atoms with E-state index in [1.165, 1.54) is 37.8 Å². The van der Waals surface area contributed by atoms with Crippen LogP contribution in [0, 0.1) is 5.92 Å². The zero-order valence-electron chi connectivity index (χ0n) is 17.7. The molecule has 1 unspecified atom stereocenters. The van der Waals surface area contributed by atoms with E-state index < -0.39 is 6.04 Å². The van der Waals surface area contributed by atoms with E-state index in [0.29, 0.717) is 19.5 Å². The Labute approximate surface area is 178 Å². The molecule has 2 saturated heterocycles. The summed E-state index contributed by atoms with van der Waals surface area (Å²) in [7, 11) is 0. The standard InChI is InChI=1S/C24H31N3O3/c1-18-10-13-26(14-11-18)17-20-8-6-19(7-9-20)16-25-23(28)21-4-2-12-27(21)24(29)22-5-3-15-30-22/h3,5-9,15,18,21H,2,4,10-14,16-17H2,1H3,(H,25,28). The van der Waals surface area contributed by atoms with Gasteiger partial charge in [0.15, 0.2) is 5.76 Å². The van der Waals surface area contributed by atoms with Gasteiger partial charge in [-0.3, -0.25) is 14.5 Å². The van der Waals surface area contributed by atoms with Gasteiger partial charge in [0.1, 0.15) is 6.04 Å². The average Bonchev–Trinajstić information content (AvgIpc) is 3.46. The molecule has 1 aromatic heterocycles. The number of hydrogen-bond acceptors (Lipinski definition) is 4. The highest BCUT2D eigenvalue weighted by molar-refractivity contribution is 5.95. The molecule has 0 spiro atoms. The van der Waals surface area contributed by atoms with Crippen molar-refractivity contribution in [3.63, 3.8) is 0 Å². The predicted octanol–water partition coefficient (Wildman–Crippen LogP) is 3.43. The number of amides is 2. The number of carbonyl (C=O) groups is 2. The summed E-state index contributed by atoms with van der Waals surface area (Å²) in [6.45, 7) is 6.73. The van der Waals surface area contributed by atoms with Crippen LogP contribution < -0.4 is 5.32 Å². The Morgan fingerprint density at radius 1 is 1.03 bits per heavy atom. The summed E-state index contributed by atoms with van der Waals surface area (Å²) in [5.41, 5.74) is 2.38. The molecule has 0 aliphatic carbocycles. The maximum atomic E-state index is 12.7. The summed E-state index contributed by atoms with van der Waals surface area (Å²) in [6.07, 6.45) is 5.56. The van der Waals surface area contributed by atoms with Crippen molar-refractivity contribution in [3.05, 3.63) is 59.5 Å². The average molecular weight is 410 g/mol. The molecule has 30 heavy (non-hydrogen) atoms. The molecular formula is C24H31N3O3. The summed E-state index contributed by atoms with van der Waals surface area (Å²) >= 11 is 0. The highest BCUT2D eigenvalue weighted by Gasteiger charge is 2.35. The first-order chi connectivity index (χ1) is 14.6. The highest BCUT2D eigenvalue weighted by atomic mass is 16.3. The van der Waals surface area contributed by atoms with E-state index in [4.69, 9.17) is 4.42 Å². The van der Waals surface area contributed by atoms with Crippen molar-refractivity contribution in [1.29, 1.82) is 0 Å². The molecule has 1 aromatic carbocycles. The van der Waals surface area contributed by atoms with Gasteiger partial charge >= 0.3 is 0 Å². The van der Waals surface area contributed by atoms with Gasteiger partial charge in [-0.15, -0.1) is 0 Å². The number of likely N-dealkylation sites (tertiary alicyclic amines) is 2. The predicted molar refractivity (Wildman–Crippen MR) is 115 cm³/mol. The fourth-order valence-corrected chi connectivity index (χ4v) is 4.37. The molecule has 1 atom stereocenters. The van der Waals surface area contributed by atoms with Crippen LogP contribution in [0.25, 0.3) is 0 Å². The lowest BCUT2D eigenvalue weighted by atomic mass is 9.99. The van der Waals surface area contributed by atoms with Crippen LogP contribution in [0.5, 0.6) is 0 Å². The lowest BCUT2D eigenvalue weighted by Gasteiger charge is -2.30. The van der Waals surface area contributed by atoms with Crippen molar-refractivity contribution in [3.8, 4) is 0 Å². The fraction of sp³-hybridized carbons (Fsp3) is 0.500. The number of benzene rings is 1. The molecule has 4 rings (SSSR count). The SMILES string of the molecule is CC1CCN(Cc2ccc(CNC(=O)C3CCCN3C(=O)c3ccco3)cc2)CC1. The first-order valence-corrected chi connectivity index (χ1v) is 11.0. The van der Waals surface area contributed by atoms with Crippen molar-refractivity contribution in [2.45, 2.75) is 51.7 Å². The smallest absolute Gasteiger partial charge is 0.290 e. The Hall–Kier alpha value is -2.60. The second kappa shape index (κ2) is 9.47. The number of hydrogen-bond donors (Lipinski definition) is 1. The zero-order valence-corrected chi connectivity index (χ0v) is 17.7. The molecule has 6 nitrogen and oxygen atoms in total. The van der Waals surface area contributed by atoms with Crippen LogP contribution in [0.4, 0.5) is 0 Å². The van der Waals surface area contributed by atoms with Gasteiger partial charge in [-0.25, -0.2) is 0 Å². The molecule has 2 fully saturated rings. The van der Waals surface area contributed by atoms with Crippen LogP contribution in [0.3, 0.4) is 0 Å². The molecule has 0 radical (unpaired) electrons. The van der Waals surface area contributed by atoms with Gasteiger partial charge in [0, 0.05) is 19.6 Å². The van der Waals surface area contributed by atoms with E-state index in [2.05, 4.69) is 41.4 Å². The van der Waals surface area contributed by atoms with Gasteiger partial charge in [-0.1, -0.05) is 31.2 Å². The molecule has 6 heteroatoms. The van der Waals surface area contributed by atoms with Crippen LogP contribution in [0.1, 0.15) is 54.3 Å². The summed E-state index contributed by atoms with van der Waals surface area (Å²) < 4.78 is 5.21. The number of nitrogens with one attached hydrogen (secondary N) is 1. The van der Waals surface area contributed by atoms with Crippen LogP contribution in [0.15, 0.2) is 47.1 Å². The Kier molecular flexibility index (Phi) is 6.53. The van der Waals surface area contributed by atoms with Gasteiger partial charge in [-0.2, -0.15) is 0 Å². The van der Waals surface area contributed by atoms with E-state index in [0.717, 1.165) is 24.4 Å². The van der Waals surface area contributed by atoms with Gasteiger partial charge in [0.25, 0.3) is 5.91 Å². The minimum Gasteiger partial charge on any atom is -0.459 e. The van der Waals surface area contributed by atoms with E-state index in [1.807, 2.05) is 0 Å². The molecule has 2 amide bonds. The number of rotatable bonds is 6. The normalized spacial score (nSPS) is 20.4. The molecular weight excluding hydrogens is 378 g/mol. The van der Waals surface area contributed by atoms with Crippen molar-refractivity contribution in [2.24, 2.45) is 5.92 Å². The van der Waals surface area contributed by atoms with Gasteiger partial charge < -0.3 is 14.6 Å². The minimum absolute atomic E-state index is 0.0982.